The molecule has 20 heavy (non-hydrogen) atoms. The molecule has 1 atom stereocenters. The van der Waals surface area contributed by atoms with Crippen molar-refractivity contribution in [3.05, 3.63) is 20.8 Å². The molecule has 2 rings (SSSR count). The highest BCUT2D eigenvalue weighted by molar-refractivity contribution is 9.10. The van der Waals surface area contributed by atoms with Crippen LogP contribution in [0.4, 0.5) is 0 Å². The first-order chi connectivity index (χ1) is 9.58. The molecule has 0 saturated heterocycles. The van der Waals surface area contributed by atoms with Crippen molar-refractivity contribution in [3.63, 3.8) is 0 Å². The van der Waals surface area contributed by atoms with Gasteiger partial charge in [0.05, 0.1) is 0 Å². The van der Waals surface area contributed by atoms with Crippen molar-refractivity contribution < 1.29 is 0 Å². The van der Waals surface area contributed by atoms with E-state index in [1.54, 1.807) is 0 Å². The Labute approximate surface area is 136 Å². The Morgan fingerprint density at radius 2 is 2.10 bits per heavy atom. The zero-order chi connectivity index (χ0) is 14.6. The second-order valence-electron chi connectivity index (χ2n) is 6.15. The summed E-state index contributed by atoms with van der Waals surface area (Å²) in [6.45, 7) is 3.37. The summed E-state index contributed by atoms with van der Waals surface area (Å²) >= 11 is 5.46. The Hall–Kier alpha value is 0.1000. The molecule has 1 fully saturated rings. The SMILES string of the molecule is CCCNC(Cc1cc(Br)cs1)C1(N(C)C)CCCC1. The number of nitrogens with zero attached hydrogens (tertiary/aromatic N) is 1. The standard InChI is InChI=1S/C16H27BrN2S/c1-4-9-18-15(11-14-10-13(17)12-20-14)16(19(2)3)7-5-6-8-16/h10,12,15,18H,4-9,11H2,1-3H3. The molecule has 0 spiro atoms. The summed E-state index contributed by atoms with van der Waals surface area (Å²) in [5.74, 6) is 0. The van der Waals surface area contributed by atoms with Crippen molar-refractivity contribution in [1.29, 1.82) is 0 Å². The first kappa shape index (κ1) is 16.5. The maximum absolute atomic E-state index is 3.84. The van der Waals surface area contributed by atoms with Crippen LogP contribution >= 0.6 is 27.3 Å². The van der Waals surface area contributed by atoms with E-state index in [1.165, 1.54) is 41.5 Å². The Balaban J connectivity index is 2.16. The molecule has 0 aliphatic heterocycles. The van der Waals surface area contributed by atoms with Gasteiger partial charge in [-0.25, -0.2) is 0 Å². The summed E-state index contributed by atoms with van der Waals surface area (Å²) in [6.07, 6.45) is 7.75. The third-order valence-corrected chi connectivity index (χ3v) is 6.40. The fourth-order valence-corrected chi connectivity index (χ4v) is 5.03. The van der Waals surface area contributed by atoms with Crippen LogP contribution in [0.15, 0.2) is 15.9 Å². The molecule has 1 unspecified atom stereocenters. The van der Waals surface area contributed by atoms with Crippen LogP contribution in [-0.2, 0) is 6.42 Å². The summed E-state index contributed by atoms with van der Waals surface area (Å²) in [7, 11) is 4.52. The lowest BCUT2D eigenvalue weighted by molar-refractivity contribution is 0.105. The molecular formula is C16H27BrN2S. The molecule has 1 aliphatic rings. The Bertz CT molecular complexity index is 410. The lowest BCUT2D eigenvalue weighted by Crippen LogP contribution is -2.58. The second kappa shape index (κ2) is 7.39. The Morgan fingerprint density at radius 1 is 1.40 bits per heavy atom. The lowest BCUT2D eigenvalue weighted by atomic mass is 9.84. The summed E-state index contributed by atoms with van der Waals surface area (Å²) < 4.78 is 1.22. The highest BCUT2D eigenvalue weighted by atomic mass is 79.9. The summed E-state index contributed by atoms with van der Waals surface area (Å²) in [4.78, 5) is 3.97. The van der Waals surface area contributed by atoms with Crippen LogP contribution in [0, 0.1) is 0 Å². The minimum atomic E-state index is 0.339. The van der Waals surface area contributed by atoms with Gasteiger partial charge in [-0.3, -0.25) is 0 Å². The van der Waals surface area contributed by atoms with E-state index in [0.29, 0.717) is 11.6 Å². The molecule has 0 radical (unpaired) electrons. The van der Waals surface area contributed by atoms with E-state index < -0.39 is 0 Å². The van der Waals surface area contributed by atoms with E-state index in [1.807, 2.05) is 11.3 Å². The van der Waals surface area contributed by atoms with Crippen LogP contribution in [0.2, 0.25) is 0 Å². The number of rotatable bonds is 7. The zero-order valence-electron chi connectivity index (χ0n) is 12.9. The Kier molecular flexibility index (Phi) is 6.09. The molecular weight excluding hydrogens is 332 g/mol. The molecule has 0 aromatic carbocycles. The molecule has 1 saturated carbocycles. The molecule has 1 heterocycles. The van der Waals surface area contributed by atoms with Crippen LogP contribution in [0.1, 0.15) is 43.9 Å². The predicted octanol–water partition coefficient (Wildman–Crippen LogP) is 4.30. The van der Waals surface area contributed by atoms with Gasteiger partial charge in [0.25, 0.3) is 0 Å². The fourth-order valence-electron chi connectivity index (χ4n) is 3.53. The molecule has 4 heteroatoms. The minimum absolute atomic E-state index is 0.339. The van der Waals surface area contributed by atoms with Gasteiger partial charge in [-0.15, -0.1) is 11.3 Å². The molecule has 0 bridgehead atoms. The third kappa shape index (κ3) is 3.65. The molecule has 1 aromatic rings. The van der Waals surface area contributed by atoms with Crippen LogP contribution in [0.25, 0.3) is 0 Å². The van der Waals surface area contributed by atoms with Gasteiger partial charge in [0.15, 0.2) is 0 Å². The maximum Gasteiger partial charge on any atom is 0.0359 e. The molecule has 1 N–H and O–H groups in total. The van der Waals surface area contributed by atoms with E-state index in [0.717, 1.165) is 13.0 Å². The smallest absolute Gasteiger partial charge is 0.0359 e. The van der Waals surface area contributed by atoms with Gasteiger partial charge >= 0.3 is 0 Å². The predicted molar refractivity (Wildman–Crippen MR) is 92.7 cm³/mol. The summed E-state index contributed by atoms with van der Waals surface area (Å²) in [5, 5.41) is 6.04. The number of thiophene rings is 1. The van der Waals surface area contributed by atoms with Crippen molar-refractivity contribution in [2.75, 3.05) is 20.6 Å². The highest BCUT2D eigenvalue weighted by Gasteiger charge is 2.42. The van der Waals surface area contributed by atoms with E-state index in [9.17, 15) is 0 Å². The average Bonchev–Trinajstić information content (AvgIpc) is 3.04. The second-order valence-corrected chi connectivity index (χ2v) is 8.06. The van der Waals surface area contributed by atoms with Gasteiger partial charge in [0, 0.05) is 26.3 Å². The fraction of sp³-hybridized carbons (Fsp3) is 0.750. The largest absolute Gasteiger partial charge is 0.312 e. The summed E-state index contributed by atoms with van der Waals surface area (Å²) in [5.41, 5.74) is 0.339. The van der Waals surface area contributed by atoms with Crippen molar-refractivity contribution in [1.82, 2.24) is 10.2 Å². The molecule has 2 nitrogen and oxygen atoms in total. The lowest BCUT2D eigenvalue weighted by Gasteiger charge is -2.44. The van der Waals surface area contributed by atoms with Crippen molar-refractivity contribution in [2.24, 2.45) is 0 Å². The maximum atomic E-state index is 3.84. The molecule has 1 aliphatic carbocycles. The number of halogens is 1. The van der Waals surface area contributed by atoms with Crippen molar-refractivity contribution in [3.8, 4) is 0 Å². The molecule has 1 aromatic heterocycles. The van der Waals surface area contributed by atoms with Gasteiger partial charge in [0.2, 0.25) is 0 Å². The van der Waals surface area contributed by atoms with Gasteiger partial charge < -0.3 is 10.2 Å². The van der Waals surface area contributed by atoms with Crippen molar-refractivity contribution in [2.45, 2.75) is 57.0 Å². The van der Waals surface area contributed by atoms with Gasteiger partial charge in [0.1, 0.15) is 0 Å². The number of hydrogen-bond acceptors (Lipinski definition) is 3. The highest BCUT2D eigenvalue weighted by Crippen LogP contribution is 2.38. The first-order valence-corrected chi connectivity index (χ1v) is 9.39. The number of likely N-dealkylation sites (N-methyl/N-ethyl adjacent to an activating group) is 1. The van der Waals surface area contributed by atoms with Gasteiger partial charge in [-0.1, -0.05) is 19.8 Å². The number of nitrogens with one attached hydrogen (secondary N) is 1. The normalized spacial score (nSPS) is 19.6. The summed E-state index contributed by atoms with van der Waals surface area (Å²) in [6, 6.07) is 2.84. The first-order valence-electron chi connectivity index (χ1n) is 7.72. The van der Waals surface area contributed by atoms with Crippen LogP contribution in [0.3, 0.4) is 0 Å². The topological polar surface area (TPSA) is 15.3 Å². The number of hydrogen-bond donors (Lipinski definition) is 1. The monoisotopic (exact) mass is 358 g/mol. The van der Waals surface area contributed by atoms with Gasteiger partial charge in [-0.2, -0.15) is 0 Å². The zero-order valence-corrected chi connectivity index (χ0v) is 15.3. The average molecular weight is 359 g/mol. The molecule has 0 amide bonds. The van der Waals surface area contributed by atoms with Crippen LogP contribution in [-0.4, -0.2) is 37.1 Å². The van der Waals surface area contributed by atoms with E-state index >= 15 is 0 Å². The Morgan fingerprint density at radius 3 is 2.60 bits per heavy atom. The third-order valence-electron chi connectivity index (χ3n) is 4.68. The minimum Gasteiger partial charge on any atom is -0.312 e. The van der Waals surface area contributed by atoms with Crippen LogP contribution in [0.5, 0.6) is 0 Å². The van der Waals surface area contributed by atoms with E-state index in [-0.39, 0.29) is 0 Å². The van der Waals surface area contributed by atoms with Crippen LogP contribution < -0.4 is 5.32 Å². The van der Waals surface area contributed by atoms with E-state index in [2.05, 4.69) is 58.6 Å². The van der Waals surface area contributed by atoms with Gasteiger partial charge in [-0.05, 0) is 68.3 Å². The van der Waals surface area contributed by atoms with E-state index in [4.69, 9.17) is 0 Å². The quantitative estimate of drug-likeness (QED) is 0.781. The van der Waals surface area contributed by atoms with Crippen molar-refractivity contribution >= 4 is 27.3 Å². The molecule has 114 valence electrons.